The van der Waals surface area contributed by atoms with E-state index in [1.165, 1.54) is 0 Å². The molecule has 1 aliphatic rings. The molecule has 0 spiro atoms. The predicted octanol–water partition coefficient (Wildman–Crippen LogP) is -1.10. The van der Waals surface area contributed by atoms with Gasteiger partial charge in [-0.05, 0) is 12.8 Å². The smallest absolute Gasteiger partial charge is 0.113 e. The first-order valence-electron chi connectivity index (χ1n) is 4.85. The van der Waals surface area contributed by atoms with Crippen LogP contribution in [0.3, 0.4) is 0 Å². The van der Waals surface area contributed by atoms with Crippen LogP contribution in [-0.2, 0) is 0 Å². The monoisotopic (exact) mass is 187 g/mol. The molecule has 0 aromatic carbocycles. The lowest BCUT2D eigenvalue weighted by molar-refractivity contribution is -0.0379. The van der Waals surface area contributed by atoms with Crippen molar-refractivity contribution in [2.75, 3.05) is 13.1 Å². The van der Waals surface area contributed by atoms with Crippen LogP contribution in [0.5, 0.6) is 0 Å². The van der Waals surface area contributed by atoms with E-state index < -0.39 is 11.3 Å². The van der Waals surface area contributed by atoms with E-state index in [9.17, 15) is 0 Å². The van der Waals surface area contributed by atoms with Crippen LogP contribution < -0.4 is 22.6 Å². The Bertz CT molecular complexity index is 185. The molecule has 2 unspecified atom stereocenters. The van der Waals surface area contributed by atoms with E-state index in [0.717, 1.165) is 25.9 Å². The summed E-state index contributed by atoms with van der Waals surface area (Å²) in [6.45, 7) is 5.55. The van der Waals surface area contributed by atoms with Crippen LogP contribution in [0, 0.1) is 0 Å². The van der Waals surface area contributed by atoms with Gasteiger partial charge < -0.3 is 11.5 Å². The van der Waals surface area contributed by atoms with E-state index >= 15 is 0 Å². The van der Waals surface area contributed by atoms with E-state index in [2.05, 4.69) is 5.32 Å². The third-order valence-corrected chi connectivity index (χ3v) is 3.17. The number of nitrogens with two attached hydrogens (primary N) is 3. The summed E-state index contributed by atoms with van der Waals surface area (Å²) < 4.78 is 0. The Kier molecular flexibility index (Phi) is 2.94. The number of hydrogen-bond donors (Lipinski definition) is 4. The standard InChI is InChI=1S/C8H21N5/c1-3-7(9)8(10,4-2)13(11)6-5-12-7/h12H,3-6,9-11H2,1-2H3. The zero-order valence-electron chi connectivity index (χ0n) is 8.51. The van der Waals surface area contributed by atoms with Crippen molar-refractivity contribution in [1.29, 1.82) is 0 Å². The molecule has 13 heavy (non-hydrogen) atoms. The van der Waals surface area contributed by atoms with Crippen LogP contribution in [-0.4, -0.2) is 29.4 Å². The highest BCUT2D eigenvalue weighted by molar-refractivity contribution is 5.05. The molecule has 1 fully saturated rings. The van der Waals surface area contributed by atoms with Crippen LogP contribution in [0.15, 0.2) is 0 Å². The van der Waals surface area contributed by atoms with Gasteiger partial charge in [0.1, 0.15) is 5.66 Å². The molecule has 0 aromatic heterocycles. The van der Waals surface area contributed by atoms with Crippen molar-refractivity contribution in [2.24, 2.45) is 17.3 Å². The highest BCUT2D eigenvalue weighted by Gasteiger charge is 2.49. The minimum Gasteiger partial charge on any atom is -0.311 e. The van der Waals surface area contributed by atoms with Gasteiger partial charge in [0.2, 0.25) is 0 Å². The fourth-order valence-corrected chi connectivity index (χ4v) is 1.96. The van der Waals surface area contributed by atoms with E-state index in [1.807, 2.05) is 13.8 Å². The van der Waals surface area contributed by atoms with Crippen molar-refractivity contribution in [2.45, 2.75) is 38.0 Å². The summed E-state index contributed by atoms with van der Waals surface area (Å²) in [5.41, 5.74) is 11.2. The summed E-state index contributed by atoms with van der Waals surface area (Å²) in [5, 5.41) is 4.91. The Morgan fingerprint density at radius 3 is 2.31 bits per heavy atom. The Morgan fingerprint density at radius 2 is 1.92 bits per heavy atom. The molecule has 1 saturated heterocycles. The first-order chi connectivity index (χ1) is 6.00. The molecule has 2 atom stereocenters. The van der Waals surface area contributed by atoms with Gasteiger partial charge in [-0.3, -0.25) is 11.2 Å². The van der Waals surface area contributed by atoms with Crippen LogP contribution in [0.4, 0.5) is 0 Å². The molecule has 1 aliphatic heterocycles. The lowest BCUT2D eigenvalue weighted by Crippen LogP contribution is -2.83. The second-order valence-corrected chi connectivity index (χ2v) is 3.72. The number of nitrogens with zero attached hydrogens (tertiary/aromatic N) is 1. The van der Waals surface area contributed by atoms with Gasteiger partial charge in [0, 0.05) is 13.1 Å². The fraction of sp³-hybridized carbons (Fsp3) is 1.00. The SMILES string of the molecule is CCC1(N)NCCN(N)C1(N)CC. The average Bonchev–Trinajstić information content (AvgIpc) is 2.14. The van der Waals surface area contributed by atoms with E-state index in [-0.39, 0.29) is 0 Å². The van der Waals surface area contributed by atoms with Gasteiger partial charge in [0.05, 0.1) is 5.66 Å². The van der Waals surface area contributed by atoms with Crippen LogP contribution in [0.2, 0.25) is 0 Å². The minimum atomic E-state index is -0.639. The van der Waals surface area contributed by atoms with Crippen molar-refractivity contribution >= 4 is 0 Å². The van der Waals surface area contributed by atoms with E-state index in [4.69, 9.17) is 17.3 Å². The maximum absolute atomic E-state index is 6.20. The highest BCUT2D eigenvalue weighted by atomic mass is 15.5. The summed E-state index contributed by atoms with van der Waals surface area (Å²) in [7, 11) is 0. The lowest BCUT2D eigenvalue weighted by Gasteiger charge is -2.53. The number of hydrogen-bond acceptors (Lipinski definition) is 5. The Balaban J connectivity index is 2.93. The molecular weight excluding hydrogens is 166 g/mol. The zero-order valence-corrected chi connectivity index (χ0v) is 8.51. The second kappa shape index (κ2) is 3.51. The van der Waals surface area contributed by atoms with Gasteiger partial charge in [0.15, 0.2) is 0 Å². The summed E-state index contributed by atoms with van der Waals surface area (Å²) in [6.07, 6.45) is 1.51. The number of rotatable bonds is 2. The maximum Gasteiger partial charge on any atom is 0.113 e. The van der Waals surface area contributed by atoms with Gasteiger partial charge >= 0.3 is 0 Å². The molecule has 7 N–H and O–H groups in total. The summed E-state index contributed by atoms with van der Waals surface area (Å²) in [6, 6.07) is 0. The van der Waals surface area contributed by atoms with Gasteiger partial charge in [-0.15, -0.1) is 0 Å². The van der Waals surface area contributed by atoms with Gasteiger partial charge in [0.25, 0.3) is 0 Å². The fourth-order valence-electron chi connectivity index (χ4n) is 1.96. The van der Waals surface area contributed by atoms with Crippen LogP contribution in [0.25, 0.3) is 0 Å². The molecule has 0 bridgehead atoms. The van der Waals surface area contributed by atoms with Gasteiger partial charge in [-0.2, -0.15) is 0 Å². The first kappa shape index (κ1) is 10.9. The zero-order chi connectivity index (χ0) is 10.1. The highest BCUT2D eigenvalue weighted by Crippen LogP contribution is 2.26. The molecule has 5 heteroatoms. The van der Waals surface area contributed by atoms with Crippen molar-refractivity contribution < 1.29 is 0 Å². The molecule has 0 aromatic rings. The van der Waals surface area contributed by atoms with E-state index in [0.29, 0.717) is 0 Å². The molecule has 0 amide bonds. The lowest BCUT2D eigenvalue weighted by atomic mass is 9.86. The molecule has 1 heterocycles. The Labute approximate surface area is 79.6 Å². The molecule has 78 valence electrons. The summed E-state index contributed by atoms with van der Waals surface area (Å²) >= 11 is 0. The van der Waals surface area contributed by atoms with Crippen molar-refractivity contribution in [1.82, 2.24) is 10.3 Å². The quantitative estimate of drug-likeness (QED) is 0.412. The Morgan fingerprint density at radius 1 is 1.31 bits per heavy atom. The summed E-state index contributed by atoms with van der Waals surface area (Å²) in [4.78, 5) is 0. The number of hydrazine groups is 1. The largest absolute Gasteiger partial charge is 0.311 e. The van der Waals surface area contributed by atoms with Crippen LogP contribution in [0.1, 0.15) is 26.7 Å². The topological polar surface area (TPSA) is 93.3 Å². The predicted molar refractivity (Wildman–Crippen MR) is 53.3 cm³/mol. The van der Waals surface area contributed by atoms with Crippen molar-refractivity contribution in [3.63, 3.8) is 0 Å². The minimum absolute atomic E-state index is 0.575. The van der Waals surface area contributed by atoms with Crippen molar-refractivity contribution in [3.05, 3.63) is 0 Å². The molecule has 1 rings (SSSR count). The normalized spacial score (nSPS) is 42.2. The van der Waals surface area contributed by atoms with E-state index in [1.54, 1.807) is 5.01 Å². The van der Waals surface area contributed by atoms with Gasteiger partial charge in [-0.1, -0.05) is 13.8 Å². The first-order valence-corrected chi connectivity index (χ1v) is 4.85. The molecule has 0 radical (unpaired) electrons. The average molecular weight is 187 g/mol. The number of piperazine rings is 1. The second-order valence-electron chi connectivity index (χ2n) is 3.72. The van der Waals surface area contributed by atoms with Crippen molar-refractivity contribution in [3.8, 4) is 0 Å². The molecular formula is C8H21N5. The number of nitrogens with one attached hydrogen (secondary N) is 1. The third-order valence-electron chi connectivity index (χ3n) is 3.17. The summed E-state index contributed by atoms with van der Waals surface area (Å²) in [5.74, 6) is 5.86. The third kappa shape index (κ3) is 1.47. The molecule has 5 nitrogen and oxygen atoms in total. The van der Waals surface area contributed by atoms with Crippen LogP contribution >= 0.6 is 0 Å². The molecule has 0 saturated carbocycles. The van der Waals surface area contributed by atoms with Gasteiger partial charge in [-0.25, -0.2) is 5.01 Å². The Hall–Kier alpha value is -0.200. The molecule has 0 aliphatic carbocycles. The maximum atomic E-state index is 6.20.